The van der Waals surface area contributed by atoms with Gasteiger partial charge in [-0.15, -0.1) is 0 Å². The van der Waals surface area contributed by atoms with Crippen LogP contribution in [0.2, 0.25) is 0 Å². The van der Waals surface area contributed by atoms with Crippen molar-refractivity contribution in [3.8, 4) is 0 Å². The summed E-state index contributed by atoms with van der Waals surface area (Å²) in [5.74, 6) is -1.42. The number of nitrogens with zero attached hydrogens (tertiary/aromatic N) is 2. The number of dihydropyridines is 1. The van der Waals surface area contributed by atoms with E-state index in [1.54, 1.807) is 17.2 Å². The molecule has 1 aromatic carbocycles. The molecule has 1 aromatic rings. The van der Waals surface area contributed by atoms with Crippen LogP contribution in [0, 0.1) is 17.0 Å². The third kappa shape index (κ3) is 5.81. The summed E-state index contributed by atoms with van der Waals surface area (Å²) in [7, 11) is 0. The molecule has 2 atom stereocenters. The Morgan fingerprint density at radius 3 is 2.72 bits per heavy atom. The van der Waals surface area contributed by atoms with Crippen molar-refractivity contribution in [2.75, 3.05) is 26.2 Å². The summed E-state index contributed by atoms with van der Waals surface area (Å²) < 4.78 is 35.0. The van der Waals surface area contributed by atoms with E-state index in [0.29, 0.717) is 68.9 Å². The van der Waals surface area contributed by atoms with Crippen LogP contribution in [0.5, 0.6) is 0 Å². The summed E-state index contributed by atoms with van der Waals surface area (Å²) in [6, 6.07) is 3.55. The SMILES string of the molecule is C=C1[C@H](NC(=O)N2CCC3(CC2)OC(=O)NC2=C3C=CCN2)CC[C@@H](c2cccc(F)c2F)CN1/C(=C\N)C(C)(C)CC. The van der Waals surface area contributed by atoms with E-state index in [9.17, 15) is 18.4 Å². The fraction of sp³-hybridized carbons (Fsp3) is 0.500. The van der Waals surface area contributed by atoms with Crippen molar-refractivity contribution in [2.45, 2.75) is 70.4 Å². The number of amides is 3. The van der Waals surface area contributed by atoms with E-state index in [1.807, 2.05) is 17.1 Å². The number of fused-ring (bicyclic) bond motifs is 1. The first-order chi connectivity index (χ1) is 20.5. The number of alkyl carbamates (subject to hydrolysis) is 1. The molecule has 0 aromatic heterocycles. The first-order valence-electron chi connectivity index (χ1n) is 15.0. The minimum absolute atomic E-state index is 0.254. The molecule has 5 rings (SSSR count). The van der Waals surface area contributed by atoms with Crippen molar-refractivity contribution < 1.29 is 23.1 Å². The van der Waals surface area contributed by atoms with E-state index in [1.165, 1.54) is 6.07 Å². The lowest BCUT2D eigenvalue weighted by atomic mass is 9.82. The highest BCUT2D eigenvalue weighted by Crippen LogP contribution is 2.41. The molecule has 232 valence electrons. The Hall–Kier alpha value is -4.02. The van der Waals surface area contributed by atoms with E-state index in [4.69, 9.17) is 10.5 Å². The summed E-state index contributed by atoms with van der Waals surface area (Å²) >= 11 is 0. The number of allylic oxidation sites excluding steroid dienone is 1. The second-order valence-corrected chi connectivity index (χ2v) is 12.4. The topological polar surface area (TPSA) is 112 Å². The number of halogens is 2. The third-order valence-corrected chi connectivity index (χ3v) is 9.52. The van der Waals surface area contributed by atoms with Crippen LogP contribution < -0.4 is 21.7 Å². The molecule has 5 N–H and O–H groups in total. The summed E-state index contributed by atoms with van der Waals surface area (Å²) in [6.45, 7) is 12.3. The van der Waals surface area contributed by atoms with Gasteiger partial charge in [0.2, 0.25) is 0 Å². The van der Waals surface area contributed by atoms with Crippen LogP contribution in [0.4, 0.5) is 18.4 Å². The summed E-state index contributed by atoms with van der Waals surface area (Å²) in [6.07, 6.45) is 7.71. The van der Waals surface area contributed by atoms with Crippen LogP contribution in [-0.2, 0) is 4.74 Å². The number of carbonyl (C=O) groups is 2. The molecule has 2 fully saturated rings. The zero-order valence-corrected chi connectivity index (χ0v) is 25.1. The number of urea groups is 1. The maximum Gasteiger partial charge on any atom is 0.413 e. The number of hydrogen-bond acceptors (Lipinski definition) is 6. The van der Waals surface area contributed by atoms with Gasteiger partial charge in [0.25, 0.3) is 0 Å². The van der Waals surface area contributed by atoms with Crippen molar-refractivity contribution in [1.82, 2.24) is 25.8 Å². The van der Waals surface area contributed by atoms with E-state index in [-0.39, 0.29) is 17.4 Å². The molecular formula is C32H42F2N6O3. The van der Waals surface area contributed by atoms with Crippen LogP contribution in [0.25, 0.3) is 0 Å². The second kappa shape index (κ2) is 11.9. The number of likely N-dealkylation sites (tertiary alicyclic amines) is 2. The van der Waals surface area contributed by atoms with Crippen LogP contribution in [-0.4, -0.2) is 59.7 Å². The lowest BCUT2D eigenvalue weighted by Crippen LogP contribution is -2.57. The molecule has 4 aliphatic rings. The molecule has 3 amide bonds. The summed E-state index contributed by atoms with van der Waals surface area (Å²) in [5.41, 5.74) is 7.71. The molecule has 11 heteroatoms. The fourth-order valence-electron chi connectivity index (χ4n) is 6.56. The molecule has 2 saturated heterocycles. The minimum Gasteiger partial charge on any atom is -0.437 e. The van der Waals surface area contributed by atoms with Gasteiger partial charge in [0.05, 0.1) is 6.04 Å². The summed E-state index contributed by atoms with van der Waals surface area (Å²) in [5, 5.41) is 9.09. The van der Waals surface area contributed by atoms with Gasteiger partial charge >= 0.3 is 12.1 Å². The number of nitrogens with two attached hydrogens (primary N) is 1. The highest BCUT2D eigenvalue weighted by Gasteiger charge is 2.47. The van der Waals surface area contributed by atoms with Gasteiger partial charge in [0.1, 0.15) is 11.4 Å². The van der Waals surface area contributed by atoms with Crippen molar-refractivity contribution >= 4 is 12.1 Å². The molecular weight excluding hydrogens is 554 g/mol. The lowest BCUT2D eigenvalue weighted by Gasteiger charge is -2.45. The number of rotatable bonds is 5. The fourth-order valence-corrected chi connectivity index (χ4v) is 6.56. The third-order valence-electron chi connectivity index (χ3n) is 9.52. The van der Waals surface area contributed by atoms with Crippen LogP contribution in [0.15, 0.2) is 65.9 Å². The average Bonchev–Trinajstić information content (AvgIpc) is 3.14. The zero-order chi connectivity index (χ0) is 30.9. The number of hydrogen-bond donors (Lipinski definition) is 4. The first kappa shape index (κ1) is 30.4. The summed E-state index contributed by atoms with van der Waals surface area (Å²) in [4.78, 5) is 29.7. The number of benzene rings is 1. The minimum atomic E-state index is -0.884. The monoisotopic (exact) mass is 596 g/mol. The average molecular weight is 597 g/mol. The van der Waals surface area contributed by atoms with Crippen LogP contribution in [0.3, 0.4) is 0 Å². The Morgan fingerprint density at radius 1 is 1.28 bits per heavy atom. The molecule has 0 aliphatic carbocycles. The van der Waals surface area contributed by atoms with Gasteiger partial charge in [-0.2, -0.15) is 0 Å². The molecule has 0 unspecified atom stereocenters. The van der Waals surface area contributed by atoms with Crippen molar-refractivity contribution in [1.29, 1.82) is 0 Å². The van der Waals surface area contributed by atoms with Crippen molar-refractivity contribution in [2.24, 2.45) is 11.1 Å². The van der Waals surface area contributed by atoms with E-state index in [2.05, 4.69) is 43.3 Å². The van der Waals surface area contributed by atoms with Gasteiger partial charge in [0, 0.05) is 73.5 Å². The van der Waals surface area contributed by atoms with Crippen LogP contribution >= 0.6 is 0 Å². The molecule has 0 saturated carbocycles. The Kier molecular flexibility index (Phi) is 8.45. The van der Waals surface area contributed by atoms with Crippen molar-refractivity contribution in [3.63, 3.8) is 0 Å². The second-order valence-electron chi connectivity index (χ2n) is 12.4. The molecule has 0 bridgehead atoms. The number of piperidine rings is 1. The van der Waals surface area contributed by atoms with E-state index >= 15 is 0 Å². The molecule has 0 radical (unpaired) electrons. The molecule has 4 aliphatic heterocycles. The van der Waals surface area contributed by atoms with E-state index in [0.717, 1.165) is 23.8 Å². The Morgan fingerprint density at radius 2 is 2.02 bits per heavy atom. The van der Waals surface area contributed by atoms with Gasteiger partial charge in [-0.05, 0) is 30.9 Å². The standard InChI is InChI=1S/C32H42F2N6O3/c1-5-31(3,4)26(18-35)40-19-21(22-8-6-10-24(33)27(22)34)11-12-25(20(40)2)37-29(41)39-16-13-32(14-17-39)23-9-7-15-36-28(23)38-30(42)43-32/h6-10,18,21,25,36H,2,5,11-17,19,35H2,1,3-4H3,(H,37,41)(H,38,42)/b26-18-/t21-,25-/m1/s1. The maximum absolute atomic E-state index is 15.0. The van der Waals surface area contributed by atoms with Crippen molar-refractivity contribution in [3.05, 3.63) is 83.1 Å². The van der Waals surface area contributed by atoms with Crippen LogP contribution in [0.1, 0.15) is 64.4 Å². The normalized spacial score (nSPS) is 24.2. The van der Waals surface area contributed by atoms with E-state index < -0.39 is 29.4 Å². The van der Waals surface area contributed by atoms with Gasteiger partial charge in [-0.25, -0.2) is 18.4 Å². The smallest absolute Gasteiger partial charge is 0.413 e. The Bertz CT molecular complexity index is 1380. The largest absolute Gasteiger partial charge is 0.437 e. The molecule has 4 heterocycles. The van der Waals surface area contributed by atoms with Gasteiger partial charge in [-0.1, -0.05) is 51.6 Å². The number of nitrogens with one attached hydrogen (secondary N) is 3. The quantitative estimate of drug-likeness (QED) is 0.384. The van der Waals surface area contributed by atoms with Gasteiger partial charge < -0.3 is 30.9 Å². The first-order valence-corrected chi connectivity index (χ1v) is 15.0. The Balaban J connectivity index is 1.35. The predicted molar refractivity (Wildman–Crippen MR) is 160 cm³/mol. The molecule has 1 spiro atoms. The van der Waals surface area contributed by atoms with Gasteiger partial charge in [0.15, 0.2) is 11.6 Å². The predicted octanol–water partition coefficient (Wildman–Crippen LogP) is 4.92. The number of ether oxygens (including phenoxy) is 1. The highest BCUT2D eigenvalue weighted by atomic mass is 19.2. The lowest BCUT2D eigenvalue weighted by molar-refractivity contribution is -0.00734. The highest BCUT2D eigenvalue weighted by molar-refractivity contribution is 5.76. The maximum atomic E-state index is 15.0. The number of carbonyl (C=O) groups excluding carboxylic acids is 2. The Labute approximate surface area is 251 Å². The molecule has 9 nitrogen and oxygen atoms in total. The zero-order valence-electron chi connectivity index (χ0n) is 25.1. The molecule has 43 heavy (non-hydrogen) atoms. The van der Waals surface area contributed by atoms with Gasteiger partial charge in [-0.3, -0.25) is 5.32 Å².